The molecule has 0 unspecified atom stereocenters. The van der Waals surface area contributed by atoms with Crippen LogP contribution in [0.3, 0.4) is 0 Å². The average molecular weight is 556 g/mol. The highest BCUT2D eigenvalue weighted by Crippen LogP contribution is 2.50. The fourth-order valence-electron chi connectivity index (χ4n) is 4.94. The molecule has 40 heavy (non-hydrogen) atoms. The number of carboxylic acid groups (broad SMARTS) is 1. The first-order valence-electron chi connectivity index (χ1n) is 13.1. The summed E-state index contributed by atoms with van der Waals surface area (Å²) in [6, 6.07) is 5.10. The molecular formula is C29H37N3O8. The Labute approximate surface area is 233 Å². The molecule has 0 heterocycles. The third-order valence-corrected chi connectivity index (χ3v) is 7.15. The molecule has 1 aliphatic carbocycles. The number of amides is 2. The van der Waals surface area contributed by atoms with Crippen LogP contribution >= 0.6 is 0 Å². The zero-order valence-electron chi connectivity index (χ0n) is 23.7. The van der Waals surface area contributed by atoms with Crippen LogP contribution in [0.2, 0.25) is 0 Å². The lowest BCUT2D eigenvalue weighted by molar-refractivity contribution is -0.143. The van der Waals surface area contributed by atoms with Crippen molar-refractivity contribution in [3.63, 3.8) is 0 Å². The van der Waals surface area contributed by atoms with E-state index >= 15 is 0 Å². The molecular weight excluding hydrogens is 518 g/mol. The molecule has 11 heteroatoms. The monoisotopic (exact) mass is 555 g/mol. The van der Waals surface area contributed by atoms with Gasteiger partial charge < -0.3 is 35.3 Å². The van der Waals surface area contributed by atoms with Crippen molar-refractivity contribution in [1.29, 1.82) is 0 Å². The minimum atomic E-state index is -1.12. The van der Waals surface area contributed by atoms with Crippen molar-refractivity contribution in [2.24, 2.45) is 5.92 Å². The van der Waals surface area contributed by atoms with Crippen molar-refractivity contribution >= 4 is 23.5 Å². The minimum absolute atomic E-state index is 0.140. The molecule has 0 spiro atoms. The van der Waals surface area contributed by atoms with Gasteiger partial charge in [-0.3, -0.25) is 14.4 Å². The number of carbonyl (C=O) groups is 3. The highest BCUT2D eigenvalue weighted by Gasteiger charge is 2.30. The Kier molecular flexibility index (Phi) is 9.98. The molecule has 0 aliphatic heterocycles. The molecule has 3 atom stereocenters. The number of hydrogen-bond acceptors (Lipinski definition) is 8. The van der Waals surface area contributed by atoms with E-state index in [1.807, 2.05) is 13.0 Å². The van der Waals surface area contributed by atoms with Gasteiger partial charge in [0.1, 0.15) is 6.04 Å². The number of fused-ring (bicyclic) bond motifs is 3. The zero-order valence-corrected chi connectivity index (χ0v) is 23.7. The zero-order chi connectivity index (χ0) is 29.6. The second-order valence-corrected chi connectivity index (χ2v) is 9.72. The molecule has 2 amide bonds. The van der Waals surface area contributed by atoms with E-state index in [9.17, 15) is 24.3 Å². The maximum absolute atomic E-state index is 13.3. The van der Waals surface area contributed by atoms with Crippen LogP contribution in [0.25, 0.3) is 11.1 Å². The van der Waals surface area contributed by atoms with E-state index in [0.29, 0.717) is 53.2 Å². The molecule has 3 rings (SSSR count). The van der Waals surface area contributed by atoms with Crippen LogP contribution in [0.5, 0.6) is 17.2 Å². The predicted molar refractivity (Wildman–Crippen MR) is 150 cm³/mol. The molecule has 2 aromatic rings. The van der Waals surface area contributed by atoms with Crippen LogP contribution in [0, 0.1) is 5.92 Å². The van der Waals surface area contributed by atoms with Crippen molar-refractivity contribution in [3.05, 3.63) is 45.6 Å². The van der Waals surface area contributed by atoms with E-state index in [1.165, 1.54) is 34.3 Å². The normalized spacial score (nSPS) is 15.3. The van der Waals surface area contributed by atoms with Crippen molar-refractivity contribution in [3.8, 4) is 28.4 Å². The highest BCUT2D eigenvalue weighted by molar-refractivity contribution is 5.87. The molecule has 0 aromatic heterocycles. The third kappa shape index (κ3) is 6.47. The second-order valence-electron chi connectivity index (χ2n) is 9.72. The Balaban J connectivity index is 2.09. The van der Waals surface area contributed by atoms with E-state index in [0.717, 1.165) is 5.56 Å². The van der Waals surface area contributed by atoms with Gasteiger partial charge in [0.05, 0.1) is 39.6 Å². The summed E-state index contributed by atoms with van der Waals surface area (Å²) >= 11 is 0. The summed E-state index contributed by atoms with van der Waals surface area (Å²) in [4.78, 5) is 49.6. The number of aryl methyl sites for hydroxylation is 1. The molecule has 0 bridgehead atoms. The molecule has 0 saturated carbocycles. The summed E-state index contributed by atoms with van der Waals surface area (Å²) in [5.74, 6) is -0.867. The smallest absolute Gasteiger partial charge is 0.326 e. The van der Waals surface area contributed by atoms with E-state index in [4.69, 9.17) is 14.2 Å². The fourth-order valence-corrected chi connectivity index (χ4v) is 4.94. The van der Waals surface area contributed by atoms with Gasteiger partial charge in [-0.05, 0) is 53.6 Å². The molecule has 1 aliphatic rings. The minimum Gasteiger partial charge on any atom is -0.493 e. The Morgan fingerprint density at radius 3 is 2.35 bits per heavy atom. The highest BCUT2D eigenvalue weighted by atomic mass is 16.5. The average Bonchev–Trinajstić information content (AvgIpc) is 3.17. The topological polar surface area (TPSA) is 152 Å². The molecule has 0 saturated heterocycles. The van der Waals surface area contributed by atoms with Crippen LogP contribution in [-0.2, 0) is 20.8 Å². The van der Waals surface area contributed by atoms with Gasteiger partial charge in [0.25, 0.3) is 0 Å². The number of methoxy groups -OCH3 is 3. The maximum atomic E-state index is 13.3. The van der Waals surface area contributed by atoms with Gasteiger partial charge in [0, 0.05) is 12.5 Å². The van der Waals surface area contributed by atoms with E-state index in [1.54, 1.807) is 19.1 Å². The number of rotatable bonds is 11. The lowest BCUT2D eigenvalue weighted by Crippen LogP contribution is -2.47. The van der Waals surface area contributed by atoms with Gasteiger partial charge in [-0.15, -0.1) is 0 Å². The second kappa shape index (κ2) is 13.2. The van der Waals surface area contributed by atoms with Crippen LogP contribution in [0.4, 0.5) is 5.69 Å². The maximum Gasteiger partial charge on any atom is 0.326 e. The summed E-state index contributed by atoms with van der Waals surface area (Å²) in [5, 5.41) is 17.8. The van der Waals surface area contributed by atoms with E-state index in [-0.39, 0.29) is 24.1 Å². The van der Waals surface area contributed by atoms with Gasteiger partial charge in [0.15, 0.2) is 11.5 Å². The Morgan fingerprint density at radius 2 is 1.77 bits per heavy atom. The summed E-state index contributed by atoms with van der Waals surface area (Å²) in [5.41, 5.74) is 2.58. The van der Waals surface area contributed by atoms with Gasteiger partial charge >= 0.3 is 5.97 Å². The number of anilines is 1. The van der Waals surface area contributed by atoms with Crippen molar-refractivity contribution in [2.45, 2.75) is 52.1 Å². The number of ether oxygens (including phenoxy) is 3. The Hall–Kier alpha value is -4.28. The van der Waals surface area contributed by atoms with E-state index < -0.39 is 29.4 Å². The fraction of sp³-hybridized carbons (Fsp3) is 0.448. The molecule has 11 nitrogen and oxygen atoms in total. The number of aliphatic carboxylic acids is 1. The van der Waals surface area contributed by atoms with Crippen molar-refractivity contribution in [2.75, 3.05) is 33.2 Å². The van der Waals surface area contributed by atoms with Crippen molar-refractivity contribution in [1.82, 2.24) is 10.6 Å². The lowest BCUT2D eigenvalue weighted by atomic mass is 9.95. The van der Waals surface area contributed by atoms with E-state index in [2.05, 4.69) is 16.0 Å². The number of carboxylic acids is 1. The first-order chi connectivity index (χ1) is 19.1. The summed E-state index contributed by atoms with van der Waals surface area (Å²) in [6.45, 7) is 4.70. The van der Waals surface area contributed by atoms with Crippen LogP contribution in [0.15, 0.2) is 29.1 Å². The molecule has 0 fully saturated rings. The predicted octanol–water partition coefficient (Wildman–Crippen LogP) is 2.89. The molecule has 2 aromatic carbocycles. The standard InChI is InChI=1S/C29H37N3O8/c1-7-15(2)26(29(36)37)32-24(35)14-30-21-11-9-18-19(13-22(21)34)20(31-16(3)33)10-8-17-12-23(38-4)27(39-5)28(40-6)25(17)18/h9,11-13,15,20,26H,7-8,10,14H2,1-6H3,(H,30,34)(H,31,33)(H,32,35)(H,36,37)/t15-,20+,26+/m0/s1. The number of nitrogens with one attached hydrogen (secondary N) is 3. The lowest BCUT2D eigenvalue weighted by Gasteiger charge is -2.20. The number of benzene rings is 1. The van der Waals surface area contributed by atoms with Crippen LogP contribution in [0.1, 0.15) is 50.8 Å². The number of carbonyl (C=O) groups excluding carboxylic acids is 2. The first kappa shape index (κ1) is 30.3. The Bertz CT molecular complexity index is 1340. The third-order valence-electron chi connectivity index (χ3n) is 7.15. The van der Waals surface area contributed by atoms with Crippen LogP contribution in [-0.4, -0.2) is 56.8 Å². The van der Waals surface area contributed by atoms with Crippen molar-refractivity contribution < 1.29 is 33.7 Å². The van der Waals surface area contributed by atoms with Gasteiger partial charge in [0.2, 0.25) is 23.0 Å². The number of hydrogen-bond donors (Lipinski definition) is 4. The largest absolute Gasteiger partial charge is 0.493 e. The summed E-state index contributed by atoms with van der Waals surface area (Å²) in [7, 11) is 4.56. The first-order valence-corrected chi connectivity index (χ1v) is 13.1. The quantitative estimate of drug-likeness (QED) is 0.328. The molecule has 0 radical (unpaired) electrons. The Morgan fingerprint density at radius 1 is 1.07 bits per heavy atom. The molecule has 216 valence electrons. The van der Waals surface area contributed by atoms with Gasteiger partial charge in [-0.1, -0.05) is 26.3 Å². The van der Waals surface area contributed by atoms with Gasteiger partial charge in [-0.2, -0.15) is 0 Å². The van der Waals surface area contributed by atoms with Crippen LogP contribution < -0.4 is 35.6 Å². The summed E-state index contributed by atoms with van der Waals surface area (Å²) < 4.78 is 16.9. The summed E-state index contributed by atoms with van der Waals surface area (Å²) in [6.07, 6.45) is 1.65. The van der Waals surface area contributed by atoms with Gasteiger partial charge in [-0.25, -0.2) is 4.79 Å². The SMILES string of the molecule is CC[C@H](C)[C@@H](NC(=O)CNc1ccc2c(cc1=O)[C@H](NC(C)=O)CCc1cc(OC)c(OC)c(OC)c1-2)C(=O)O. The molecule has 4 N–H and O–H groups in total.